The number of fused-ring (bicyclic) bond motifs is 3. The van der Waals surface area contributed by atoms with Crippen LogP contribution in [0.4, 0.5) is 0 Å². The van der Waals surface area contributed by atoms with Crippen LogP contribution in [0.15, 0.2) is 0 Å². The average molecular weight is 567 g/mol. The predicted octanol–water partition coefficient (Wildman–Crippen LogP) is 12.4. The fraction of sp³-hybridized carbons (Fsp3) is 1.00. The number of rotatable bonds is 5. The molecule has 5 saturated carbocycles. The number of hydrogen-bond acceptors (Lipinski definition) is 0. The molecule has 0 nitrogen and oxygen atoms in total. The molecule has 15 unspecified atom stereocenters. The molecule has 0 spiro atoms. The summed E-state index contributed by atoms with van der Waals surface area (Å²) in [6.45, 7) is 35.0. The zero-order valence-electron chi connectivity index (χ0n) is 30.2. The Morgan fingerprint density at radius 1 is 0.707 bits per heavy atom. The molecule has 238 valence electrons. The van der Waals surface area contributed by atoms with Crippen molar-refractivity contribution in [2.24, 2.45) is 105 Å². The smallest absolute Gasteiger partial charge is 0.0212 e. The lowest BCUT2D eigenvalue weighted by atomic mass is 9.28. The maximum Gasteiger partial charge on any atom is -0.0212 e. The summed E-state index contributed by atoms with van der Waals surface area (Å²) in [6, 6.07) is 0. The first-order chi connectivity index (χ1) is 19.2. The lowest BCUT2D eigenvalue weighted by Gasteiger charge is -2.77. The summed E-state index contributed by atoms with van der Waals surface area (Å²) in [5, 5.41) is 0. The van der Waals surface area contributed by atoms with Gasteiger partial charge < -0.3 is 0 Å². The van der Waals surface area contributed by atoms with Crippen molar-refractivity contribution >= 4 is 0 Å². The predicted molar refractivity (Wildman–Crippen MR) is 180 cm³/mol. The summed E-state index contributed by atoms with van der Waals surface area (Å²) in [7, 11) is 0. The van der Waals surface area contributed by atoms with Crippen molar-refractivity contribution in [3.8, 4) is 0 Å². The Hall–Kier alpha value is 0. The second kappa shape index (κ2) is 11.4. The second-order valence-electron chi connectivity index (χ2n) is 18.9. The molecule has 0 bridgehead atoms. The zero-order chi connectivity index (χ0) is 30.2. The molecular formula is C41H74. The highest BCUT2D eigenvalue weighted by molar-refractivity contribution is 5.20. The molecule has 5 aliphatic carbocycles. The summed E-state index contributed by atoms with van der Waals surface area (Å²) in [4.78, 5) is 0. The second-order valence-corrected chi connectivity index (χ2v) is 18.9. The molecule has 0 aromatic rings. The molecule has 0 aromatic carbocycles. The lowest BCUT2D eigenvalue weighted by Crippen LogP contribution is -2.71. The zero-order valence-corrected chi connectivity index (χ0v) is 30.2. The molecule has 5 rings (SSSR count). The van der Waals surface area contributed by atoms with E-state index in [-0.39, 0.29) is 0 Å². The Morgan fingerprint density at radius 2 is 1.32 bits per heavy atom. The molecule has 5 fully saturated rings. The average Bonchev–Trinajstić information content (AvgIpc) is 2.91. The van der Waals surface area contributed by atoms with Gasteiger partial charge in [-0.2, -0.15) is 0 Å². The highest BCUT2D eigenvalue weighted by Gasteiger charge is 2.72. The maximum atomic E-state index is 2.83. The van der Waals surface area contributed by atoms with E-state index in [9.17, 15) is 0 Å². The first kappa shape index (κ1) is 32.4. The SMILES string of the molecule is CCCC1CCC(CC2CCC3C(C2C)C(C)C2C(C)C4(C)C(C)C(C(C)C)C(C)CC4(C)C(C)C2(C)C3C)CC1. The minimum absolute atomic E-state index is 0.424. The lowest BCUT2D eigenvalue weighted by molar-refractivity contribution is -0.291. The van der Waals surface area contributed by atoms with Crippen LogP contribution >= 0.6 is 0 Å². The van der Waals surface area contributed by atoms with Gasteiger partial charge in [0, 0.05) is 0 Å². The van der Waals surface area contributed by atoms with Crippen molar-refractivity contribution < 1.29 is 0 Å². The highest BCUT2D eigenvalue weighted by Crippen LogP contribution is 2.78. The van der Waals surface area contributed by atoms with Gasteiger partial charge in [-0.3, -0.25) is 0 Å². The molecule has 0 aromatic heterocycles. The van der Waals surface area contributed by atoms with E-state index in [1.165, 1.54) is 57.8 Å². The molecule has 0 heteroatoms. The molecule has 0 N–H and O–H groups in total. The van der Waals surface area contributed by atoms with E-state index in [1.807, 2.05) is 0 Å². The van der Waals surface area contributed by atoms with Crippen molar-refractivity contribution in [3.05, 3.63) is 0 Å². The summed E-state index contributed by atoms with van der Waals surface area (Å²) >= 11 is 0. The molecule has 0 heterocycles. The van der Waals surface area contributed by atoms with Gasteiger partial charge in [0.05, 0.1) is 0 Å². The first-order valence-corrected chi connectivity index (χ1v) is 19.2. The summed E-state index contributed by atoms with van der Waals surface area (Å²) in [5.74, 6) is 13.3. The van der Waals surface area contributed by atoms with Gasteiger partial charge in [-0.1, -0.05) is 129 Å². The van der Waals surface area contributed by atoms with Gasteiger partial charge in [0.2, 0.25) is 0 Å². The summed E-state index contributed by atoms with van der Waals surface area (Å²) in [5.41, 5.74) is 1.32. The fourth-order valence-electron chi connectivity index (χ4n) is 15.5. The van der Waals surface area contributed by atoms with E-state index in [0.29, 0.717) is 16.2 Å². The van der Waals surface area contributed by atoms with Crippen LogP contribution in [0.1, 0.15) is 154 Å². The minimum atomic E-state index is 0.424. The van der Waals surface area contributed by atoms with E-state index < -0.39 is 0 Å². The van der Waals surface area contributed by atoms with Crippen LogP contribution in [-0.2, 0) is 0 Å². The van der Waals surface area contributed by atoms with Crippen molar-refractivity contribution in [2.75, 3.05) is 0 Å². The van der Waals surface area contributed by atoms with Gasteiger partial charge in [-0.25, -0.2) is 0 Å². The van der Waals surface area contributed by atoms with E-state index >= 15 is 0 Å². The van der Waals surface area contributed by atoms with Crippen LogP contribution in [0.2, 0.25) is 0 Å². The van der Waals surface area contributed by atoms with Crippen molar-refractivity contribution in [3.63, 3.8) is 0 Å². The maximum absolute atomic E-state index is 2.83. The van der Waals surface area contributed by atoms with Crippen LogP contribution in [0.25, 0.3) is 0 Å². The topological polar surface area (TPSA) is 0 Å². The quantitative estimate of drug-likeness (QED) is 0.310. The standard InChI is InChI=1S/C41H74/c1-14-15-32-16-18-33(19-17-32)22-34-20-21-35-28(7)40(12)31(10)39(11)23-25(4)36(24(2)3)29(8)41(39,13)30(9)38(40)27(6)37(35)26(34)5/h24-38H,14-23H2,1-13H3. The van der Waals surface area contributed by atoms with E-state index in [1.54, 1.807) is 6.42 Å². The third-order valence-electron chi connectivity index (χ3n) is 17.8. The Balaban J connectivity index is 1.43. The van der Waals surface area contributed by atoms with Gasteiger partial charge in [-0.15, -0.1) is 0 Å². The molecule has 0 amide bonds. The summed E-state index contributed by atoms with van der Waals surface area (Å²) < 4.78 is 0. The van der Waals surface area contributed by atoms with Gasteiger partial charge in [0.15, 0.2) is 0 Å². The van der Waals surface area contributed by atoms with Gasteiger partial charge in [0.25, 0.3) is 0 Å². The number of hydrogen-bond donors (Lipinski definition) is 0. The normalized spacial score (nSPS) is 57.5. The van der Waals surface area contributed by atoms with Crippen LogP contribution in [0.5, 0.6) is 0 Å². The van der Waals surface area contributed by atoms with Crippen molar-refractivity contribution in [1.82, 2.24) is 0 Å². The molecule has 5 aliphatic rings. The molecule has 0 radical (unpaired) electrons. The Bertz CT molecular complexity index is 894. The van der Waals surface area contributed by atoms with E-state index in [4.69, 9.17) is 0 Å². The monoisotopic (exact) mass is 567 g/mol. The minimum Gasteiger partial charge on any atom is -0.0654 e. The van der Waals surface area contributed by atoms with Gasteiger partial charge in [0.1, 0.15) is 0 Å². The fourth-order valence-corrected chi connectivity index (χ4v) is 15.5. The van der Waals surface area contributed by atoms with Gasteiger partial charge >= 0.3 is 0 Å². The van der Waals surface area contributed by atoms with Crippen LogP contribution in [-0.4, -0.2) is 0 Å². The highest BCUT2D eigenvalue weighted by atomic mass is 14.8. The first-order valence-electron chi connectivity index (χ1n) is 19.2. The van der Waals surface area contributed by atoms with E-state index in [2.05, 4.69) is 90.0 Å². The molecular weight excluding hydrogens is 492 g/mol. The molecule has 0 aliphatic heterocycles. The van der Waals surface area contributed by atoms with Gasteiger partial charge in [-0.05, 0) is 131 Å². The largest absolute Gasteiger partial charge is 0.0654 e. The van der Waals surface area contributed by atoms with Crippen molar-refractivity contribution in [2.45, 2.75) is 154 Å². The van der Waals surface area contributed by atoms with Crippen molar-refractivity contribution in [1.29, 1.82) is 0 Å². The van der Waals surface area contributed by atoms with E-state index in [0.717, 1.165) is 88.8 Å². The molecule has 0 saturated heterocycles. The third kappa shape index (κ3) is 4.60. The Labute approximate surface area is 258 Å². The molecule has 15 atom stereocenters. The van der Waals surface area contributed by atoms with Crippen LogP contribution in [0, 0.1) is 105 Å². The van der Waals surface area contributed by atoms with Crippen LogP contribution in [0.3, 0.4) is 0 Å². The molecule has 41 heavy (non-hydrogen) atoms. The Morgan fingerprint density at radius 3 is 1.90 bits per heavy atom. The van der Waals surface area contributed by atoms with Crippen LogP contribution < -0.4 is 0 Å². The summed E-state index contributed by atoms with van der Waals surface area (Å²) in [6.07, 6.45) is 15.0. The Kier molecular flexibility index (Phi) is 9.02. The third-order valence-corrected chi connectivity index (χ3v) is 17.8.